The normalized spacial score (nSPS) is 19.2. The molecule has 1 N–H and O–H groups in total. The van der Waals surface area contributed by atoms with E-state index in [1.807, 2.05) is 29.6 Å². The van der Waals surface area contributed by atoms with E-state index in [1.54, 1.807) is 0 Å². The van der Waals surface area contributed by atoms with Gasteiger partial charge in [-0.1, -0.05) is 30.0 Å². The number of thioether (sulfide) groups is 2. The zero-order valence-electron chi connectivity index (χ0n) is 7.19. The second-order valence-electron chi connectivity index (χ2n) is 2.71. The van der Waals surface area contributed by atoms with E-state index >= 15 is 0 Å². The Bertz CT molecular complexity index is 287. The molecule has 13 heavy (non-hydrogen) atoms. The van der Waals surface area contributed by atoms with Crippen LogP contribution in [0.25, 0.3) is 0 Å². The number of rotatable bonds is 3. The van der Waals surface area contributed by atoms with Gasteiger partial charge >= 0.3 is 0 Å². The highest BCUT2D eigenvalue weighted by Gasteiger charge is 2.19. The minimum absolute atomic E-state index is 0.454. The monoisotopic (exact) mass is 209 g/mol. The lowest BCUT2D eigenvalue weighted by Crippen LogP contribution is -2.04. The van der Waals surface area contributed by atoms with E-state index in [4.69, 9.17) is 0 Å². The van der Waals surface area contributed by atoms with Crippen LogP contribution in [0.4, 0.5) is 5.69 Å². The van der Waals surface area contributed by atoms with Crippen molar-refractivity contribution in [2.75, 3.05) is 11.1 Å². The maximum absolute atomic E-state index is 3.71. The Labute approximate surface area is 87.0 Å². The number of fused-ring (bicyclic) bond motifs is 1. The van der Waals surface area contributed by atoms with Crippen LogP contribution in [0.3, 0.4) is 0 Å². The minimum Gasteiger partial charge on any atom is -0.364 e. The summed E-state index contributed by atoms with van der Waals surface area (Å²) in [6, 6.07) is 8.42. The molecule has 68 valence electrons. The zero-order chi connectivity index (χ0) is 9.10. The summed E-state index contributed by atoms with van der Waals surface area (Å²) in [5, 5.41) is 3.45. The second-order valence-corrected chi connectivity index (χ2v) is 5.30. The highest BCUT2D eigenvalue weighted by Crippen LogP contribution is 2.42. The number of benzene rings is 1. The fourth-order valence-electron chi connectivity index (χ4n) is 1.19. The van der Waals surface area contributed by atoms with Crippen LogP contribution in [0.1, 0.15) is 0 Å². The van der Waals surface area contributed by atoms with Gasteiger partial charge in [-0.25, -0.2) is 0 Å². The summed E-state index contributed by atoms with van der Waals surface area (Å²) in [6.45, 7) is 3.71. The molecule has 3 heteroatoms. The van der Waals surface area contributed by atoms with Gasteiger partial charge in [0.2, 0.25) is 0 Å². The number of hydrogen-bond acceptors (Lipinski definition) is 3. The Morgan fingerprint density at radius 2 is 2.38 bits per heavy atom. The summed E-state index contributed by atoms with van der Waals surface area (Å²) in [5.41, 5.74) is 1.26. The van der Waals surface area contributed by atoms with Gasteiger partial charge in [-0.3, -0.25) is 0 Å². The third-order valence-electron chi connectivity index (χ3n) is 1.76. The molecule has 0 bridgehead atoms. The van der Waals surface area contributed by atoms with Gasteiger partial charge in [0.1, 0.15) is 4.71 Å². The van der Waals surface area contributed by atoms with Crippen LogP contribution in [0.15, 0.2) is 41.8 Å². The molecule has 1 atom stereocenters. The van der Waals surface area contributed by atoms with E-state index < -0.39 is 0 Å². The topological polar surface area (TPSA) is 12.0 Å². The number of anilines is 1. The molecule has 0 radical (unpaired) electrons. The van der Waals surface area contributed by atoms with Gasteiger partial charge < -0.3 is 5.32 Å². The fraction of sp³-hybridized carbons (Fsp3) is 0.200. The third-order valence-corrected chi connectivity index (χ3v) is 4.25. The maximum atomic E-state index is 3.71. The first-order valence-corrected chi connectivity index (χ1v) is 6.08. The Balaban J connectivity index is 2.01. The summed E-state index contributed by atoms with van der Waals surface area (Å²) in [7, 11) is 0. The summed E-state index contributed by atoms with van der Waals surface area (Å²) in [5.74, 6) is 0.999. The summed E-state index contributed by atoms with van der Waals surface area (Å²) >= 11 is 3.75. The summed E-state index contributed by atoms with van der Waals surface area (Å²) < 4.78 is 0.454. The lowest BCUT2D eigenvalue weighted by Gasteiger charge is -2.06. The smallest absolute Gasteiger partial charge is 0.124 e. The van der Waals surface area contributed by atoms with Gasteiger partial charge in [0.15, 0.2) is 0 Å². The van der Waals surface area contributed by atoms with Crippen LogP contribution < -0.4 is 5.32 Å². The van der Waals surface area contributed by atoms with Crippen LogP contribution >= 0.6 is 23.5 Å². The van der Waals surface area contributed by atoms with Gasteiger partial charge in [-0.15, -0.1) is 18.3 Å². The second kappa shape index (κ2) is 4.11. The molecule has 0 aliphatic carbocycles. The molecule has 0 saturated carbocycles. The van der Waals surface area contributed by atoms with Crippen LogP contribution in [0, 0.1) is 0 Å². The molecule has 0 spiro atoms. The lowest BCUT2D eigenvalue weighted by molar-refractivity contribution is 1.39. The first kappa shape index (κ1) is 9.03. The largest absolute Gasteiger partial charge is 0.364 e. The molecule has 0 amide bonds. The Morgan fingerprint density at radius 1 is 1.54 bits per heavy atom. The number of nitrogens with one attached hydrogen (secondary N) is 1. The number of hydrogen-bond donors (Lipinski definition) is 1. The average molecular weight is 209 g/mol. The van der Waals surface area contributed by atoms with Crippen molar-refractivity contribution < 1.29 is 0 Å². The van der Waals surface area contributed by atoms with Crippen molar-refractivity contribution in [2.45, 2.75) is 9.60 Å². The predicted octanol–water partition coefficient (Wildman–Crippen LogP) is 3.41. The Kier molecular flexibility index (Phi) is 2.86. The van der Waals surface area contributed by atoms with E-state index in [0.29, 0.717) is 4.71 Å². The summed E-state index contributed by atoms with van der Waals surface area (Å²) in [4.78, 5) is 1.35. The SMILES string of the molecule is C=CCSC1Nc2ccccc2S1. The molecule has 1 aromatic rings. The number of para-hydroxylation sites is 1. The van der Waals surface area contributed by atoms with Crippen LogP contribution in [-0.4, -0.2) is 10.5 Å². The van der Waals surface area contributed by atoms with Gasteiger partial charge in [0.05, 0.1) is 0 Å². The van der Waals surface area contributed by atoms with Crippen molar-refractivity contribution in [3.63, 3.8) is 0 Å². The minimum atomic E-state index is 0.454. The van der Waals surface area contributed by atoms with Crippen molar-refractivity contribution >= 4 is 29.2 Å². The van der Waals surface area contributed by atoms with Crippen molar-refractivity contribution in [1.82, 2.24) is 0 Å². The molecule has 1 aromatic carbocycles. The third kappa shape index (κ3) is 2.03. The van der Waals surface area contributed by atoms with Crippen LogP contribution in [0.5, 0.6) is 0 Å². The van der Waals surface area contributed by atoms with E-state index in [0.717, 1.165) is 5.75 Å². The van der Waals surface area contributed by atoms with Crippen LogP contribution in [-0.2, 0) is 0 Å². The van der Waals surface area contributed by atoms with E-state index in [1.165, 1.54) is 10.6 Å². The molecule has 1 unspecified atom stereocenters. The molecule has 1 aliphatic heterocycles. The summed E-state index contributed by atoms with van der Waals surface area (Å²) in [6.07, 6.45) is 1.94. The standard InChI is InChI=1S/C10H11NS2/c1-2-7-12-10-11-8-5-3-4-6-9(8)13-10/h2-6,10-11H,1,7H2. The van der Waals surface area contributed by atoms with E-state index in [-0.39, 0.29) is 0 Å². The first-order chi connectivity index (χ1) is 6.40. The van der Waals surface area contributed by atoms with E-state index in [9.17, 15) is 0 Å². The van der Waals surface area contributed by atoms with Gasteiger partial charge in [0.25, 0.3) is 0 Å². The zero-order valence-corrected chi connectivity index (χ0v) is 8.83. The fourth-order valence-corrected chi connectivity index (χ4v) is 3.36. The van der Waals surface area contributed by atoms with Crippen molar-refractivity contribution in [3.05, 3.63) is 36.9 Å². The molecule has 1 nitrogen and oxygen atoms in total. The lowest BCUT2D eigenvalue weighted by atomic mass is 10.3. The van der Waals surface area contributed by atoms with Crippen LogP contribution in [0.2, 0.25) is 0 Å². The molecule has 1 aliphatic rings. The highest BCUT2D eigenvalue weighted by molar-refractivity contribution is 8.17. The Hall–Kier alpha value is -0.540. The van der Waals surface area contributed by atoms with Gasteiger partial charge in [0, 0.05) is 16.3 Å². The van der Waals surface area contributed by atoms with Crippen molar-refractivity contribution in [1.29, 1.82) is 0 Å². The van der Waals surface area contributed by atoms with Crippen molar-refractivity contribution in [3.8, 4) is 0 Å². The highest BCUT2D eigenvalue weighted by atomic mass is 32.2. The molecular formula is C10H11NS2. The van der Waals surface area contributed by atoms with Gasteiger partial charge in [-0.05, 0) is 12.1 Å². The maximum Gasteiger partial charge on any atom is 0.124 e. The molecule has 0 saturated heterocycles. The van der Waals surface area contributed by atoms with Crippen molar-refractivity contribution in [2.24, 2.45) is 0 Å². The molecule has 1 heterocycles. The van der Waals surface area contributed by atoms with Gasteiger partial charge in [-0.2, -0.15) is 0 Å². The first-order valence-electron chi connectivity index (χ1n) is 4.15. The quantitative estimate of drug-likeness (QED) is 0.766. The molecular weight excluding hydrogens is 198 g/mol. The Morgan fingerprint density at radius 3 is 3.15 bits per heavy atom. The molecule has 2 rings (SSSR count). The predicted molar refractivity (Wildman–Crippen MR) is 62.4 cm³/mol. The molecule has 0 aromatic heterocycles. The molecule has 0 fully saturated rings. The average Bonchev–Trinajstić information content (AvgIpc) is 2.57. The van der Waals surface area contributed by atoms with E-state index in [2.05, 4.69) is 36.2 Å².